The van der Waals surface area contributed by atoms with Crippen molar-refractivity contribution in [3.8, 4) is 5.88 Å². The van der Waals surface area contributed by atoms with Gasteiger partial charge in [-0.3, -0.25) is 24.1 Å². The number of rotatable bonds is 11. The van der Waals surface area contributed by atoms with Gasteiger partial charge in [0.1, 0.15) is 18.5 Å². The number of hydrogen-bond acceptors (Lipinski definition) is 10. The van der Waals surface area contributed by atoms with E-state index in [4.69, 9.17) is 14.0 Å². The zero-order valence-electron chi connectivity index (χ0n) is 30.2. The number of anilines is 1. The van der Waals surface area contributed by atoms with Crippen molar-refractivity contribution in [1.82, 2.24) is 10.1 Å². The van der Waals surface area contributed by atoms with Crippen LogP contribution in [0.25, 0.3) is 10.8 Å². The van der Waals surface area contributed by atoms with Crippen LogP contribution in [0.4, 0.5) is 5.69 Å². The van der Waals surface area contributed by atoms with Crippen LogP contribution in [0.2, 0.25) is 0 Å². The van der Waals surface area contributed by atoms with Crippen molar-refractivity contribution in [3.05, 3.63) is 113 Å². The summed E-state index contributed by atoms with van der Waals surface area (Å²) in [6.07, 6.45) is 5.07. The van der Waals surface area contributed by atoms with Crippen LogP contribution < -0.4 is 9.64 Å². The van der Waals surface area contributed by atoms with E-state index in [1.165, 1.54) is 7.11 Å². The molecule has 1 fully saturated rings. The SMILES string of the molecule is C=CCN(CC=C)c1c2c(c(C)c3cc(C=O)ccc13)C(=O)C1C(=O)C3(OC)C(=O)c4c(OCc5ccccc5)noc4C(N(C)C)C3CC1(C)C2. The quantitative estimate of drug-likeness (QED) is 0.0969. The highest BCUT2D eigenvalue weighted by molar-refractivity contribution is 6.28. The highest BCUT2D eigenvalue weighted by Crippen LogP contribution is 2.61. The molecule has 1 heterocycles. The third kappa shape index (κ3) is 5.03. The Kier molecular flexibility index (Phi) is 8.87. The minimum atomic E-state index is -1.99. The topological polar surface area (TPSA) is 119 Å². The molecule has 3 aromatic carbocycles. The van der Waals surface area contributed by atoms with Crippen molar-refractivity contribution in [2.75, 3.05) is 39.2 Å². The van der Waals surface area contributed by atoms with Gasteiger partial charge in [-0.2, -0.15) is 0 Å². The van der Waals surface area contributed by atoms with Crippen molar-refractivity contribution >= 4 is 40.1 Å². The summed E-state index contributed by atoms with van der Waals surface area (Å²) in [6.45, 7) is 12.9. The molecule has 0 radical (unpaired) electrons. The van der Waals surface area contributed by atoms with Crippen molar-refractivity contribution in [3.63, 3.8) is 0 Å². The molecule has 0 bridgehead atoms. The second kappa shape index (κ2) is 13.1. The standard InChI is InChI=1S/C42H43N3O7/c1-8-17-45(18-9-2)34-27-16-15-26(22-46)19-28(27)24(3)31-29(34)20-41(4)21-30-35(44(5)6)37-32(38(48)42(30,50-7)39(49)33(41)36(31)47)40(43-52-37)51-23-25-13-11-10-12-14-25/h8-16,19,22,30,33,35H,1-2,17-18,20-21,23H2,3-7H3. The molecular formula is C42H43N3O7. The highest BCUT2D eigenvalue weighted by atomic mass is 16.5. The number of carbonyl (C=O) groups is 4. The molecule has 1 saturated carbocycles. The zero-order chi connectivity index (χ0) is 37.1. The van der Waals surface area contributed by atoms with Crippen LogP contribution >= 0.6 is 0 Å². The highest BCUT2D eigenvalue weighted by Gasteiger charge is 2.71. The predicted octanol–water partition coefficient (Wildman–Crippen LogP) is 6.54. The van der Waals surface area contributed by atoms with E-state index < -0.39 is 40.5 Å². The van der Waals surface area contributed by atoms with Gasteiger partial charge in [-0.25, -0.2) is 0 Å². The third-order valence-corrected chi connectivity index (χ3v) is 11.4. The molecule has 0 spiro atoms. The first-order valence-corrected chi connectivity index (χ1v) is 17.5. The summed E-state index contributed by atoms with van der Waals surface area (Å²) in [5.41, 5.74) is 1.31. The lowest BCUT2D eigenvalue weighted by Crippen LogP contribution is -2.69. The Hall–Kier alpha value is -5.19. The van der Waals surface area contributed by atoms with Gasteiger partial charge in [-0.15, -0.1) is 13.2 Å². The lowest BCUT2D eigenvalue weighted by molar-refractivity contribution is -0.165. The molecule has 1 aromatic heterocycles. The second-order valence-corrected chi connectivity index (χ2v) is 14.7. The Labute approximate surface area is 303 Å². The molecule has 0 saturated heterocycles. The first-order chi connectivity index (χ1) is 25.0. The number of aryl methyl sites for hydroxylation is 1. The third-order valence-electron chi connectivity index (χ3n) is 11.4. The smallest absolute Gasteiger partial charge is 0.265 e. The first-order valence-electron chi connectivity index (χ1n) is 17.5. The number of ether oxygens (including phenoxy) is 2. The maximum Gasteiger partial charge on any atom is 0.265 e. The van der Waals surface area contributed by atoms with Crippen molar-refractivity contribution < 1.29 is 33.2 Å². The second-order valence-electron chi connectivity index (χ2n) is 14.7. The van der Waals surface area contributed by atoms with Crippen molar-refractivity contribution in [1.29, 1.82) is 0 Å². The number of methoxy groups -OCH3 is 1. The van der Waals surface area contributed by atoms with Crippen LogP contribution in [-0.4, -0.2) is 73.6 Å². The van der Waals surface area contributed by atoms with Gasteiger partial charge in [0, 0.05) is 48.3 Å². The predicted molar refractivity (Wildman–Crippen MR) is 197 cm³/mol. The summed E-state index contributed by atoms with van der Waals surface area (Å²) in [6, 6.07) is 14.4. The molecule has 4 aromatic rings. The molecule has 7 rings (SSSR count). The maximum absolute atomic E-state index is 15.3. The fourth-order valence-electron chi connectivity index (χ4n) is 9.31. The molecule has 268 valence electrons. The number of Topliss-reactive ketones (excluding diaryl/α,β-unsaturated/α-hetero) is 3. The Morgan fingerprint density at radius 3 is 2.37 bits per heavy atom. The number of nitrogens with zero attached hydrogens (tertiary/aromatic N) is 3. The summed E-state index contributed by atoms with van der Waals surface area (Å²) in [5.74, 6) is -3.13. The van der Waals surface area contributed by atoms with Gasteiger partial charge < -0.3 is 18.9 Å². The Bertz CT molecular complexity index is 2140. The monoisotopic (exact) mass is 701 g/mol. The summed E-state index contributed by atoms with van der Waals surface area (Å²) in [4.78, 5) is 61.3. The molecule has 5 unspecified atom stereocenters. The van der Waals surface area contributed by atoms with E-state index >= 15 is 9.59 Å². The fourth-order valence-corrected chi connectivity index (χ4v) is 9.31. The molecule has 10 heteroatoms. The van der Waals surface area contributed by atoms with Gasteiger partial charge in [0.25, 0.3) is 5.88 Å². The maximum atomic E-state index is 15.3. The Morgan fingerprint density at radius 2 is 1.73 bits per heavy atom. The van der Waals surface area contributed by atoms with Gasteiger partial charge >= 0.3 is 0 Å². The van der Waals surface area contributed by atoms with Crippen LogP contribution in [0.1, 0.15) is 72.9 Å². The van der Waals surface area contributed by atoms with E-state index in [1.54, 1.807) is 24.3 Å². The molecule has 3 aliphatic carbocycles. The van der Waals surface area contributed by atoms with Crippen LogP contribution in [0.5, 0.6) is 5.88 Å². The van der Waals surface area contributed by atoms with Gasteiger partial charge in [0.15, 0.2) is 22.9 Å². The first kappa shape index (κ1) is 35.2. The van der Waals surface area contributed by atoms with Crippen LogP contribution in [0, 0.1) is 24.2 Å². The molecule has 0 N–H and O–H groups in total. The van der Waals surface area contributed by atoms with Crippen LogP contribution in [0.3, 0.4) is 0 Å². The average Bonchev–Trinajstić information content (AvgIpc) is 3.54. The summed E-state index contributed by atoms with van der Waals surface area (Å²) >= 11 is 0. The summed E-state index contributed by atoms with van der Waals surface area (Å²) in [5, 5.41) is 5.83. The summed E-state index contributed by atoms with van der Waals surface area (Å²) in [7, 11) is 5.09. The number of carbonyl (C=O) groups excluding carboxylic acids is 4. The van der Waals surface area contributed by atoms with Crippen molar-refractivity contribution in [2.45, 2.75) is 44.9 Å². The molecule has 10 nitrogen and oxygen atoms in total. The molecule has 0 amide bonds. The normalized spacial score (nSPS) is 24.9. The number of ketones is 3. The Balaban J connectivity index is 1.41. The van der Waals surface area contributed by atoms with Gasteiger partial charge in [0.05, 0.1) is 12.0 Å². The lowest BCUT2D eigenvalue weighted by Gasteiger charge is -2.56. The number of fused-ring (bicyclic) bond motifs is 5. The fraction of sp³-hybridized carbons (Fsp3) is 0.357. The van der Waals surface area contributed by atoms with E-state index in [-0.39, 0.29) is 23.8 Å². The van der Waals surface area contributed by atoms with E-state index in [2.05, 4.69) is 23.2 Å². The van der Waals surface area contributed by atoms with Gasteiger partial charge in [-0.1, -0.05) is 61.5 Å². The minimum Gasteiger partial charge on any atom is -0.470 e. The largest absolute Gasteiger partial charge is 0.470 e. The molecule has 52 heavy (non-hydrogen) atoms. The summed E-state index contributed by atoms with van der Waals surface area (Å²) < 4.78 is 18.1. The van der Waals surface area contributed by atoms with E-state index in [0.717, 1.165) is 33.9 Å². The molecular weight excluding hydrogens is 658 g/mol. The molecule has 5 atom stereocenters. The zero-order valence-corrected chi connectivity index (χ0v) is 30.2. The molecule has 0 aliphatic heterocycles. The van der Waals surface area contributed by atoms with Crippen LogP contribution in [0.15, 0.2) is 78.4 Å². The van der Waals surface area contributed by atoms with E-state index in [1.807, 2.05) is 69.2 Å². The van der Waals surface area contributed by atoms with Crippen LogP contribution in [-0.2, 0) is 22.6 Å². The minimum absolute atomic E-state index is 0.0190. The van der Waals surface area contributed by atoms with Crippen molar-refractivity contribution in [2.24, 2.45) is 17.3 Å². The number of hydrogen-bond donors (Lipinski definition) is 0. The average molecular weight is 702 g/mol. The lowest BCUT2D eigenvalue weighted by atomic mass is 9.48. The number of aldehydes is 1. The van der Waals surface area contributed by atoms with Gasteiger partial charge in [0.2, 0.25) is 5.78 Å². The number of aromatic nitrogens is 1. The molecule has 3 aliphatic rings. The van der Waals surface area contributed by atoms with Gasteiger partial charge in [-0.05, 0) is 72.6 Å². The Morgan fingerprint density at radius 1 is 1.02 bits per heavy atom. The van der Waals surface area contributed by atoms with E-state index in [0.29, 0.717) is 48.4 Å². The van der Waals surface area contributed by atoms with E-state index in [9.17, 15) is 9.59 Å². The number of benzene rings is 3.